The highest BCUT2D eigenvalue weighted by Crippen LogP contribution is 2.31. The summed E-state index contributed by atoms with van der Waals surface area (Å²) in [6.07, 6.45) is -0.277. The second kappa shape index (κ2) is 4.90. The molecule has 0 amide bonds. The zero-order valence-electron chi connectivity index (χ0n) is 10.2. The Morgan fingerprint density at radius 1 is 1.22 bits per heavy atom. The fourth-order valence-corrected chi connectivity index (χ4v) is 1.75. The molecule has 1 aromatic heterocycles. The summed E-state index contributed by atoms with van der Waals surface area (Å²) in [4.78, 5) is 0. The molecule has 0 radical (unpaired) electrons. The number of halogens is 2. The molecule has 96 valence electrons. The van der Waals surface area contributed by atoms with Crippen molar-refractivity contribution in [3.63, 3.8) is 0 Å². The molecule has 2 nitrogen and oxygen atoms in total. The van der Waals surface area contributed by atoms with Crippen LogP contribution in [0.5, 0.6) is 0 Å². The second-order valence-electron chi connectivity index (χ2n) is 4.18. The largest absolute Gasteiger partial charge is 0.458 e. The summed E-state index contributed by atoms with van der Waals surface area (Å²) in [5.74, 6) is -0.907. The van der Waals surface area contributed by atoms with Crippen LogP contribution < -0.4 is 0 Å². The Balaban J connectivity index is 2.49. The van der Waals surface area contributed by atoms with Gasteiger partial charge >= 0.3 is 0 Å². The Bertz CT molecular complexity index is 561. The fraction of sp³-hybridized carbons (Fsp3) is 0.286. The monoisotopic (exact) mass is 252 g/mol. The first-order valence-corrected chi connectivity index (χ1v) is 5.77. The number of hydrogen-bond acceptors (Lipinski definition) is 2. The third kappa shape index (κ3) is 2.16. The van der Waals surface area contributed by atoms with Gasteiger partial charge in [-0.3, -0.25) is 0 Å². The van der Waals surface area contributed by atoms with Gasteiger partial charge in [0.05, 0.1) is 5.56 Å². The average Bonchev–Trinajstić information content (AvgIpc) is 2.83. The van der Waals surface area contributed by atoms with Gasteiger partial charge in [0.2, 0.25) is 0 Å². The molecule has 0 bridgehead atoms. The van der Waals surface area contributed by atoms with E-state index < -0.39 is 17.7 Å². The summed E-state index contributed by atoms with van der Waals surface area (Å²) in [7, 11) is 0. The maximum absolute atomic E-state index is 13.9. The Kier molecular flexibility index (Phi) is 3.48. The number of aryl methyl sites for hydroxylation is 1. The first-order chi connectivity index (χ1) is 8.54. The van der Waals surface area contributed by atoms with E-state index in [0.717, 1.165) is 0 Å². The van der Waals surface area contributed by atoms with Gasteiger partial charge in [-0.2, -0.15) is 0 Å². The predicted molar refractivity (Wildman–Crippen MR) is 64.0 cm³/mol. The molecule has 2 rings (SSSR count). The molecule has 0 spiro atoms. The SMILES string of the molecule is CCC(O)c1ccc(-c2c(F)ccc(C)c2F)o1. The van der Waals surface area contributed by atoms with Gasteiger partial charge in [-0.05, 0) is 37.1 Å². The summed E-state index contributed by atoms with van der Waals surface area (Å²) >= 11 is 0. The molecule has 0 saturated carbocycles. The molecule has 0 fully saturated rings. The lowest BCUT2D eigenvalue weighted by Gasteiger charge is -2.06. The van der Waals surface area contributed by atoms with Crippen molar-refractivity contribution in [3.8, 4) is 11.3 Å². The van der Waals surface area contributed by atoms with Crippen molar-refractivity contribution in [1.29, 1.82) is 0 Å². The van der Waals surface area contributed by atoms with Gasteiger partial charge in [0.1, 0.15) is 29.3 Å². The molecule has 2 aromatic rings. The van der Waals surface area contributed by atoms with Crippen molar-refractivity contribution in [2.45, 2.75) is 26.4 Å². The summed E-state index contributed by atoms with van der Waals surface area (Å²) in [6.45, 7) is 3.35. The number of benzene rings is 1. The minimum Gasteiger partial charge on any atom is -0.458 e. The van der Waals surface area contributed by atoms with E-state index in [4.69, 9.17) is 4.42 Å². The normalized spacial score (nSPS) is 12.7. The molecule has 1 unspecified atom stereocenters. The third-order valence-corrected chi connectivity index (χ3v) is 2.87. The van der Waals surface area contributed by atoms with Crippen LogP contribution in [0.1, 0.15) is 30.8 Å². The maximum Gasteiger partial charge on any atom is 0.140 e. The number of furan rings is 1. The predicted octanol–water partition coefficient (Wildman–Crippen LogP) is 3.98. The van der Waals surface area contributed by atoms with E-state index in [1.807, 2.05) is 0 Å². The van der Waals surface area contributed by atoms with Gasteiger partial charge in [-0.25, -0.2) is 8.78 Å². The van der Waals surface area contributed by atoms with E-state index in [0.29, 0.717) is 17.7 Å². The van der Waals surface area contributed by atoms with E-state index in [1.165, 1.54) is 24.3 Å². The average molecular weight is 252 g/mol. The van der Waals surface area contributed by atoms with Crippen molar-refractivity contribution in [2.75, 3.05) is 0 Å². The van der Waals surface area contributed by atoms with Crippen molar-refractivity contribution < 1.29 is 18.3 Å². The van der Waals surface area contributed by atoms with Crippen LogP contribution >= 0.6 is 0 Å². The lowest BCUT2D eigenvalue weighted by atomic mass is 10.1. The standard InChI is InChI=1S/C14H14F2O2/c1-3-10(17)11-6-7-12(18-11)13-9(15)5-4-8(2)14(13)16/h4-7,10,17H,3H2,1-2H3. The Hall–Kier alpha value is -1.68. The molecule has 0 aliphatic heterocycles. The van der Waals surface area contributed by atoms with Crippen LogP contribution in [0.25, 0.3) is 11.3 Å². The zero-order valence-corrected chi connectivity index (χ0v) is 10.2. The fourth-order valence-electron chi connectivity index (χ4n) is 1.75. The highest BCUT2D eigenvalue weighted by molar-refractivity contribution is 5.60. The van der Waals surface area contributed by atoms with Crippen LogP contribution in [-0.2, 0) is 0 Å². The molecule has 1 atom stereocenters. The van der Waals surface area contributed by atoms with Crippen molar-refractivity contribution in [3.05, 3.63) is 47.2 Å². The smallest absolute Gasteiger partial charge is 0.140 e. The minimum atomic E-state index is -0.755. The third-order valence-electron chi connectivity index (χ3n) is 2.87. The first-order valence-electron chi connectivity index (χ1n) is 5.77. The van der Waals surface area contributed by atoms with Crippen LogP contribution in [0.3, 0.4) is 0 Å². The van der Waals surface area contributed by atoms with Gasteiger partial charge in [0.25, 0.3) is 0 Å². The van der Waals surface area contributed by atoms with Crippen LogP contribution in [0.4, 0.5) is 8.78 Å². The van der Waals surface area contributed by atoms with Gasteiger partial charge in [0, 0.05) is 0 Å². The van der Waals surface area contributed by atoms with E-state index in [2.05, 4.69) is 0 Å². The van der Waals surface area contributed by atoms with Gasteiger partial charge in [0.15, 0.2) is 0 Å². The van der Waals surface area contributed by atoms with Crippen molar-refractivity contribution >= 4 is 0 Å². The molecular formula is C14H14F2O2. The molecule has 1 aromatic carbocycles. The summed E-state index contributed by atoms with van der Waals surface area (Å²) in [5, 5.41) is 9.60. The van der Waals surface area contributed by atoms with Crippen LogP contribution in [-0.4, -0.2) is 5.11 Å². The first kappa shape index (κ1) is 12.8. The van der Waals surface area contributed by atoms with Gasteiger partial charge in [-0.1, -0.05) is 13.0 Å². The zero-order chi connectivity index (χ0) is 13.3. The number of aliphatic hydroxyl groups is 1. The lowest BCUT2D eigenvalue weighted by molar-refractivity contribution is 0.146. The Morgan fingerprint density at radius 3 is 2.61 bits per heavy atom. The molecule has 1 heterocycles. The number of aliphatic hydroxyl groups excluding tert-OH is 1. The van der Waals surface area contributed by atoms with Crippen molar-refractivity contribution in [2.24, 2.45) is 0 Å². The van der Waals surface area contributed by atoms with Crippen LogP contribution in [0, 0.1) is 18.6 Å². The Morgan fingerprint density at radius 2 is 1.94 bits per heavy atom. The van der Waals surface area contributed by atoms with E-state index >= 15 is 0 Å². The lowest BCUT2D eigenvalue weighted by Crippen LogP contribution is -1.93. The molecule has 0 aliphatic carbocycles. The summed E-state index contributed by atoms with van der Waals surface area (Å²) in [6, 6.07) is 5.57. The summed E-state index contributed by atoms with van der Waals surface area (Å²) in [5.41, 5.74) is 0.157. The van der Waals surface area contributed by atoms with Gasteiger partial charge in [-0.15, -0.1) is 0 Å². The quantitative estimate of drug-likeness (QED) is 0.896. The van der Waals surface area contributed by atoms with Gasteiger partial charge < -0.3 is 9.52 Å². The molecule has 18 heavy (non-hydrogen) atoms. The summed E-state index contributed by atoms with van der Waals surface area (Å²) < 4.78 is 32.8. The minimum absolute atomic E-state index is 0.0937. The highest BCUT2D eigenvalue weighted by Gasteiger charge is 2.18. The molecule has 1 N–H and O–H groups in total. The topological polar surface area (TPSA) is 33.4 Å². The van der Waals surface area contributed by atoms with E-state index in [9.17, 15) is 13.9 Å². The molecule has 0 aliphatic rings. The van der Waals surface area contributed by atoms with Crippen LogP contribution in [0.2, 0.25) is 0 Å². The Labute approximate surface area is 104 Å². The number of hydrogen-bond donors (Lipinski definition) is 1. The van der Waals surface area contributed by atoms with Crippen LogP contribution in [0.15, 0.2) is 28.7 Å². The maximum atomic E-state index is 13.9. The molecule has 4 heteroatoms. The number of rotatable bonds is 3. The highest BCUT2D eigenvalue weighted by atomic mass is 19.1. The van der Waals surface area contributed by atoms with E-state index in [1.54, 1.807) is 13.8 Å². The van der Waals surface area contributed by atoms with Crippen molar-refractivity contribution in [1.82, 2.24) is 0 Å². The molecular weight excluding hydrogens is 238 g/mol. The second-order valence-corrected chi connectivity index (χ2v) is 4.18. The molecule has 0 saturated heterocycles. The van der Waals surface area contributed by atoms with E-state index in [-0.39, 0.29) is 11.3 Å².